The maximum absolute atomic E-state index is 9.64. The average Bonchev–Trinajstić information content (AvgIpc) is 2.61. The van der Waals surface area contributed by atoms with Crippen LogP contribution in [0.1, 0.15) is 17.0 Å². The van der Waals surface area contributed by atoms with Gasteiger partial charge < -0.3 is 10.5 Å². The lowest BCUT2D eigenvalue weighted by atomic mass is 9.81. The average molecular weight is 378 g/mol. The molecule has 0 aliphatic carbocycles. The quantitative estimate of drug-likeness (QED) is 0.688. The van der Waals surface area contributed by atoms with E-state index in [-0.39, 0.29) is 11.8 Å². The van der Waals surface area contributed by atoms with Crippen LogP contribution in [0, 0.1) is 11.3 Å². The highest BCUT2D eigenvalue weighted by molar-refractivity contribution is 9.10. The Morgan fingerprint density at radius 2 is 1.92 bits per heavy atom. The van der Waals surface area contributed by atoms with Gasteiger partial charge in [0.15, 0.2) is 0 Å². The largest absolute Gasteiger partial charge is 0.440 e. The van der Waals surface area contributed by atoms with Crippen LogP contribution in [0.25, 0.3) is 10.8 Å². The zero-order chi connectivity index (χ0) is 16.7. The standard InChI is InChI=1S/C19H12BrN3O/c20-13-2-3-14-12(9-13)1-4-16-18(14)17(11-5-7-23-8-6-11)15(10-21)19(22)24-16/h1-9,17H,22H2/t17-/m0/s1. The number of hydrogen-bond donors (Lipinski definition) is 1. The highest BCUT2D eigenvalue weighted by Crippen LogP contribution is 2.45. The second kappa shape index (κ2) is 5.66. The van der Waals surface area contributed by atoms with Crippen LogP contribution in [-0.4, -0.2) is 4.98 Å². The molecular formula is C19H12BrN3O. The molecule has 2 N–H and O–H groups in total. The summed E-state index contributed by atoms with van der Waals surface area (Å²) in [5, 5.41) is 11.8. The Hall–Kier alpha value is -2.84. The molecule has 4 nitrogen and oxygen atoms in total. The van der Waals surface area contributed by atoms with Crippen LogP contribution >= 0.6 is 15.9 Å². The number of allylic oxidation sites excluding steroid dienone is 1. The number of rotatable bonds is 1. The molecule has 0 saturated carbocycles. The van der Waals surface area contributed by atoms with E-state index < -0.39 is 0 Å². The fraction of sp³-hybridized carbons (Fsp3) is 0.0526. The first kappa shape index (κ1) is 14.7. The van der Waals surface area contributed by atoms with Gasteiger partial charge in [0, 0.05) is 22.4 Å². The van der Waals surface area contributed by atoms with Crippen molar-refractivity contribution in [1.82, 2.24) is 4.98 Å². The summed E-state index contributed by atoms with van der Waals surface area (Å²) in [6.07, 6.45) is 3.44. The number of aromatic nitrogens is 1. The van der Waals surface area contributed by atoms with Crippen LogP contribution in [0.3, 0.4) is 0 Å². The van der Waals surface area contributed by atoms with Crippen molar-refractivity contribution in [2.24, 2.45) is 5.73 Å². The van der Waals surface area contributed by atoms with Crippen LogP contribution in [-0.2, 0) is 0 Å². The first-order chi connectivity index (χ1) is 11.7. The fourth-order valence-electron chi connectivity index (χ4n) is 3.16. The van der Waals surface area contributed by atoms with Crippen molar-refractivity contribution in [3.63, 3.8) is 0 Å². The van der Waals surface area contributed by atoms with Gasteiger partial charge in [0.25, 0.3) is 0 Å². The summed E-state index contributed by atoms with van der Waals surface area (Å²) in [7, 11) is 0. The highest BCUT2D eigenvalue weighted by atomic mass is 79.9. The van der Waals surface area contributed by atoms with E-state index in [0.29, 0.717) is 11.3 Å². The predicted octanol–water partition coefficient (Wildman–Crippen LogP) is 4.22. The van der Waals surface area contributed by atoms with Gasteiger partial charge in [-0.3, -0.25) is 4.98 Å². The second-order valence-electron chi connectivity index (χ2n) is 5.55. The predicted molar refractivity (Wildman–Crippen MR) is 95.2 cm³/mol. The first-order valence-corrected chi connectivity index (χ1v) is 8.18. The number of ether oxygens (including phenoxy) is 1. The molecule has 0 amide bonds. The number of nitriles is 1. The van der Waals surface area contributed by atoms with Crippen LogP contribution in [0.4, 0.5) is 0 Å². The number of fused-ring (bicyclic) bond motifs is 3. The van der Waals surface area contributed by atoms with E-state index in [4.69, 9.17) is 10.5 Å². The highest BCUT2D eigenvalue weighted by Gasteiger charge is 2.32. The van der Waals surface area contributed by atoms with Crippen molar-refractivity contribution in [2.45, 2.75) is 5.92 Å². The molecule has 0 bridgehead atoms. The summed E-state index contributed by atoms with van der Waals surface area (Å²) >= 11 is 3.50. The molecule has 0 fully saturated rings. The number of hydrogen-bond acceptors (Lipinski definition) is 4. The molecule has 0 unspecified atom stereocenters. The van der Waals surface area contributed by atoms with E-state index in [0.717, 1.165) is 26.4 Å². The zero-order valence-electron chi connectivity index (χ0n) is 12.5. The van der Waals surface area contributed by atoms with E-state index >= 15 is 0 Å². The van der Waals surface area contributed by atoms with Crippen molar-refractivity contribution >= 4 is 26.7 Å². The van der Waals surface area contributed by atoms with Crippen molar-refractivity contribution in [2.75, 3.05) is 0 Å². The van der Waals surface area contributed by atoms with Gasteiger partial charge in [0.1, 0.15) is 17.4 Å². The molecule has 1 aromatic heterocycles. The molecule has 2 heterocycles. The van der Waals surface area contributed by atoms with Crippen LogP contribution in [0.15, 0.2) is 70.8 Å². The lowest BCUT2D eigenvalue weighted by Crippen LogP contribution is -2.21. The van der Waals surface area contributed by atoms with Gasteiger partial charge >= 0.3 is 0 Å². The van der Waals surface area contributed by atoms with Crippen molar-refractivity contribution < 1.29 is 4.74 Å². The number of nitrogens with zero attached hydrogens (tertiary/aromatic N) is 2. The van der Waals surface area contributed by atoms with E-state index in [9.17, 15) is 5.26 Å². The number of halogens is 1. The Morgan fingerprint density at radius 1 is 1.12 bits per heavy atom. The Labute approximate surface area is 147 Å². The van der Waals surface area contributed by atoms with Gasteiger partial charge in [-0.2, -0.15) is 5.26 Å². The Kier molecular flexibility index (Phi) is 3.47. The zero-order valence-corrected chi connectivity index (χ0v) is 14.1. The monoisotopic (exact) mass is 377 g/mol. The van der Waals surface area contributed by atoms with Crippen molar-refractivity contribution in [3.05, 3.63) is 81.9 Å². The van der Waals surface area contributed by atoms with E-state index in [2.05, 4.69) is 27.0 Å². The van der Waals surface area contributed by atoms with Crippen LogP contribution in [0.2, 0.25) is 0 Å². The molecule has 1 aliphatic heterocycles. The minimum absolute atomic E-state index is 0.156. The summed E-state index contributed by atoms with van der Waals surface area (Å²) in [5.74, 6) is 0.568. The first-order valence-electron chi connectivity index (χ1n) is 7.38. The maximum Gasteiger partial charge on any atom is 0.205 e. The lowest BCUT2D eigenvalue weighted by molar-refractivity contribution is 0.395. The summed E-state index contributed by atoms with van der Waals surface area (Å²) in [6, 6.07) is 16.0. The molecular weight excluding hydrogens is 366 g/mol. The van der Waals surface area contributed by atoms with Gasteiger partial charge in [0.2, 0.25) is 5.88 Å². The molecule has 24 heavy (non-hydrogen) atoms. The molecule has 4 rings (SSSR count). The third kappa shape index (κ3) is 2.24. The van der Waals surface area contributed by atoms with Gasteiger partial charge in [-0.1, -0.05) is 28.1 Å². The number of nitrogens with two attached hydrogens (primary N) is 1. The normalized spacial score (nSPS) is 16.4. The fourth-order valence-corrected chi connectivity index (χ4v) is 3.54. The van der Waals surface area contributed by atoms with Gasteiger partial charge in [-0.05, 0) is 46.7 Å². The molecule has 5 heteroatoms. The topological polar surface area (TPSA) is 71.9 Å². The summed E-state index contributed by atoms with van der Waals surface area (Å²) in [4.78, 5) is 4.07. The second-order valence-corrected chi connectivity index (χ2v) is 6.46. The minimum Gasteiger partial charge on any atom is -0.440 e. The van der Waals surface area contributed by atoms with Gasteiger partial charge in [0.05, 0.1) is 5.92 Å². The summed E-state index contributed by atoms with van der Waals surface area (Å²) in [5.41, 5.74) is 8.35. The maximum atomic E-state index is 9.64. The smallest absolute Gasteiger partial charge is 0.205 e. The molecule has 0 spiro atoms. The Bertz CT molecular complexity index is 1020. The molecule has 0 saturated heterocycles. The third-order valence-electron chi connectivity index (χ3n) is 4.21. The SMILES string of the molecule is N#CC1=C(N)Oc2ccc3cc(Br)ccc3c2[C@H]1c1ccncc1. The van der Waals surface area contributed by atoms with Crippen LogP contribution < -0.4 is 10.5 Å². The molecule has 116 valence electrons. The third-order valence-corrected chi connectivity index (χ3v) is 4.70. The van der Waals surface area contributed by atoms with E-state index in [1.54, 1.807) is 12.4 Å². The molecule has 1 aliphatic rings. The van der Waals surface area contributed by atoms with Gasteiger partial charge in [-0.15, -0.1) is 0 Å². The Balaban J connectivity index is 2.07. The minimum atomic E-state index is -0.272. The summed E-state index contributed by atoms with van der Waals surface area (Å²) in [6.45, 7) is 0. The van der Waals surface area contributed by atoms with Gasteiger partial charge in [-0.25, -0.2) is 0 Å². The lowest BCUT2D eigenvalue weighted by Gasteiger charge is -2.27. The number of benzene rings is 2. The van der Waals surface area contributed by atoms with Crippen LogP contribution in [0.5, 0.6) is 5.75 Å². The molecule has 1 atom stereocenters. The summed E-state index contributed by atoms with van der Waals surface area (Å²) < 4.78 is 6.74. The molecule has 3 aromatic rings. The van der Waals surface area contributed by atoms with E-state index in [1.807, 2.05) is 42.5 Å². The molecule has 0 radical (unpaired) electrons. The van der Waals surface area contributed by atoms with Crippen molar-refractivity contribution in [1.29, 1.82) is 5.26 Å². The number of pyridine rings is 1. The Morgan fingerprint density at radius 3 is 2.67 bits per heavy atom. The molecule has 2 aromatic carbocycles. The van der Waals surface area contributed by atoms with Crippen molar-refractivity contribution in [3.8, 4) is 11.8 Å². The van der Waals surface area contributed by atoms with E-state index in [1.165, 1.54) is 0 Å².